The van der Waals surface area contributed by atoms with Gasteiger partial charge in [0.1, 0.15) is 17.0 Å². The van der Waals surface area contributed by atoms with Crippen LogP contribution in [0.4, 0.5) is 11.5 Å². The second-order valence-corrected chi connectivity index (χ2v) is 12.0. The van der Waals surface area contributed by atoms with Gasteiger partial charge in [0.2, 0.25) is 11.8 Å². The molecule has 1 amide bonds. The molecule has 0 spiro atoms. The minimum atomic E-state index is -0.484. The van der Waals surface area contributed by atoms with Gasteiger partial charge in [0.15, 0.2) is 5.65 Å². The normalized spacial score (nSPS) is 14.4. The first-order valence-electron chi connectivity index (χ1n) is 15.2. The van der Waals surface area contributed by atoms with Crippen molar-refractivity contribution in [1.82, 2.24) is 34.7 Å². The maximum absolute atomic E-state index is 13.2. The molecule has 1 saturated heterocycles. The Kier molecular flexibility index (Phi) is 8.80. The molecule has 12 nitrogen and oxygen atoms in total. The van der Waals surface area contributed by atoms with E-state index in [1.165, 1.54) is 11.6 Å². The van der Waals surface area contributed by atoms with Gasteiger partial charge in [0.05, 0.1) is 17.8 Å². The van der Waals surface area contributed by atoms with Crippen molar-refractivity contribution in [1.29, 1.82) is 0 Å². The first kappa shape index (κ1) is 31.9. The van der Waals surface area contributed by atoms with Gasteiger partial charge < -0.3 is 20.7 Å². The number of carbonyl (C=O) groups excluding carboxylic acids is 1. The van der Waals surface area contributed by atoms with E-state index in [0.717, 1.165) is 38.8 Å². The van der Waals surface area contributed by atoms with Crippen LogP contribution in [0.2, 0.25) is 5.02 Å². The number of methoxy groups -OCH3 is 1. The lowest BCUT2D eigenvalue weighted by molar-refractivity contribution is -0.119. The van der Waals surface area contributed by atoms with Crippen molar-refractivity contribution in [3.05, 3.63) is 91.3 Å². The van der Waals surface area contributed by atoms with E-state index in [-0.39, 0.29) is 23.0 Å². The lowest BCUT2D eigenvalue weighted by atomic mass is 9.96. The standard InChI is InChI=1S/C34H35ClN8O4/c1-18-22(8-7-11-25(18)40-30-28-31(38-19(2)37-30)42(3)34(46)43(4)33(28)45)23-9-6-10-24(29(23)35)26-14-12-20(32(41-26)47-5)16-36-17-21-13-15-27(44)39-21/h6-12,14,21,36H,13,15-17H2,1-5H3,(H,39,44)(H,37,38,40)/t21-/m0/s1. The van der Waals surface area contributed by atoms with Crippen LogP contribution in [0.25, 0.3) is 33.4 Å². The number of hydrogen-bond acceptors (Lipinski definition) is 9. The molecule has 47 heavy (non-hydrogen) atoms. The third kappa shape index (κ3) is 6.09. The van der Waals surface area contributed by atoms with E-state index in [4.69, 9.17) is 21.3 Å². The maximum atomic E-state index is 13.2. The summed E-state index contributed by atoms with van der Waals surface area (Å²) in [7, 11) is 4.60. The second kappa shape index (κ2) is 13.0. The molecule has 6 rings (SSSR count). The fraction of sp³-hybridized carbons (Fsp3) is 0.294. The van der Waals surface area contributed by atoms with E-state index >= 15 is 0 Å². The summed E-state index contributed by atoms with van der Waals surface area (Å²) >= 11 is 7.09. The van der Waals surface area contributed by atoms with Crippen LogP contribution in [-0.4, -0.2) is 49.7 Å². The molecule has 0 radical (unpaired) electrons. The summed E-state index contributed by atoms with van der Waals surface area (Å²) in [6.45, 7) is 4.88. The molecule has 1 atom stereocenters. The van der Waals surface area contributed by atoms with Crippen molar-refractivity contribution in [2.45, 2.75) is 39.3 Å². The molecule has 0 aliphatic carbocycles. The van der Waals surface area contributed by atoms with Crippen molar-refractivity contribution >= 4 is 40.0 Å². The molecular weight excluding hydrogens is 620 g/mol. The second-order valence-electron chi connectivity index (χ2n) is 11.6. The van der Waals surface area contributed by atoms with Crippen LogP contribution >= 0.6 is 11.6 Å². The summed E-state index contributed by atoms with van der Waals surface area (Å²) in [4.78, 5) is 50.9. The molecule has 13 heteroatoms. The number of pyridine rings is 1. The minimum absolute atomic E-state index is 0.0911. The summed E-state index contributed by atoms with van der Waals surface area (Å²) in [6.07, 6.45) is 1.39. The van der Waals surface area contributed by atoms with Crippen molar-refractivity contribution in [3.8, 4) is 28.3 Å². The zero-order valence-electron chi connectivity index (χ0n) is 26.8. The third-order valence-corrected chi connectivity index (χ3v) is 8.89. The number of ether oxygens (including phenoxy) is 1. The van der Waals surface area contributed by atoms with Crippen LogP contribution in [0.15, 0.2) is 58.1 Å². The molecule has 0 bridgehead atoms. The van der Waals surface area contributed by atoms with Crippen molar-refractivity contribution < 1.29 is 9.53 Å². The fourth-order valence-corrected chi connectivity index (χ4v) is 6.25. The van der Waals surface area contributed by atoms with Crippen LogP contribution in [-0.2, 0) is 25.4 Å². The lowest BCUT2D eigenvalue weighted by Crippen LogP contribution is -2.37. The van der Waals surface area contributed by atoms with Gasteiger partial charge in [0, 0.05) is 62.0 Å². The van der Waals surface area contributed by atoms with Gasteiger partial charge in [0.25, 0.3) is 5.56 Å². The van der Waals surface area contributed by atoms with Crippen LogP contribution in [0.5, 0.6) is 5.88 Å². The Morgan fingerprint density at radius 2 is 1.70 bits per heavy atom. The molecule has 242 valence electrons. The van der Waals surface area contributed by atoms with Gasteiger partial charge in [-0.25, -0.2) is 19.7 Å². The molecule has 3 N–H and O–H groups in total. The number of hydrogen-bond donors (Lipinski definition) is 3. The van der Waals surface area contributed by atoms with Crippen molar-refractivity contribution in [2.75, 3.05) is 19.0 Å². The van der Waals surface area contributed by atoms with E-state index in [9.17, 15) is 14.4 Å². The number of anilines is 2. The molecule has 0 saturated carbocycles. The lowest BCUT2D eigenvalue weighted by Gasteiger charge is -2.17. The Bertz CT molecular complexity index is 2160. The van der Waals surface area contributed by atoms with E-state index in [2.05, 4.69) is 25.9 Å². The molecule has 4 heterocycles. The van der Waals surface area contributed by atoms with E-state index in [1.807, 2.05) is 55.5 Å². The molecular formula is C34H35ClN8O4. The monoisotopic (exact) mass is 654 g/mol. The highest BCUT2D eigenvalue weighted by Crippen LogP contribution is 2.39. The molecule has 3 aromatic heterocycles. The number of carbonyl (C=O) groups is 1. The number of fused-ring (bicyclic) bond motifs is 1. The Hall–Kier alpha value is -5.07. The van der Waals surface area contributed by atoms with Gasteiger partial charge in [-0.2, -0.15) is 0 Å². The number of nitrogens with one attached hydrogen (secondary N) is 3. The molecule has 2 aromatic carbocycles. The molecule has 1 aliphatic heterocycles. The first-order valence-corrected chi connectivity index (χ1v) is 15.6. The van der Waals surface area contributed by atoms with Crippen molar-refractivity contribution in [2.24, 2.45) is 14.1 Å². The average Bonchev–Trinajstić information content (AvgIpc) is 3.48. The predicted octanol–water partition coefficient (Wildman–Crippen LogP) is 4.15. The number of rotatable bonds is 9. The van der Waals surface area contributed by atoms with Crippen LogP contribution in [0.3, 0.4) is 0 Å². The minimum Gasteiger partial charge on any atom is -0.481 e. The smallest absolute Gasteiger partial charge is 0.332 e. The third-order valence-electron chi connectivity index (χ3n) is 8.49. The number of benzene rings is 2. The number of amides is 1. The number of halogens is 1. The average molecular weight is 655 g/mol. The number of aromatic nitrogens is 5. The molecule has 5 aromatic rings. The van der Waals surface area contributed by atoms with Gasteiger partial charge in [-0.3, -0.25) is 18.7 Å². The number of nitrogens with zero attached hydrogens (tertiary/aromatic N) is 5. The fourth-order valence-electron chi connectivity index (χ4n) is 5.93. The quantitative estimate of drug-likeness (QED) is 0.213. The topological polar surface area (TPSA) is 145 Å². The van der Waals surface area contributed by atoms with Gasteiger partial charge >= 0.3 is 5.69 Å². The zero-order chi connectivity index (χ0) is 33.4. The summed E-state index contributed by atoms with van der Waals surface area (Å²) in [5.74, 6) is 1.31. The zero-order valence-corrected chi connectivity index (χ0v) is 27.5. The number of aryl methyl sites for hydroxylation is 2. The highest BCUT2D eigenvalue weighted by Gasteiger charge is 2.21. The highest BCUT2D eigenvalue weighted by atomic mass is 35.5. The molecule has 1 aliphatic rings. The van der Waals surface area contributed by atoms with E-state index in [1.54, 1.807) is 21.1 Å². The van der Waals surface area contributed by atoms with Crippen LogP contribution in [0, 0.1) is 13.8 Å². The predicted molar refractivity (Wildman–Crippen MR) is 182 cm³/mol. The summed E-state index contributed by atoms with van der Waals surface area (Å²) in [6, 6.07) is 15.6. The molecule has 0 unspecified atom stereocenters. The first-order chi connectivity index (χ1) is 22.6. The van der Waals surface area contributed by atoms with Gasteiger partial charge in [-0.05, 0) is 43.5 Å². The SMILES string of the molecule is COc1nc(-c2cccc(-c3cccc(Nc4nc(C)nc5c4c(=O)n(C)c(=O)n5C)c3C)c2Cl)ccc1CNC[C@@H]1CCC(=O)N1. The van der Waals surface area contributed by atoms with E-state index in [0.29, 0.717) is 53.4 Å². The summed E-state index contributed by atoms with van der Waals surface area (Å²) in [5.41, 5.74) is 4.88. The largest absolute Gasteiger partial charge is 0.481 e. The Morgan fingerprint density at radius 1 is 0.957 bits per heavy atom. The molecule has 1 fully saturated rings. The Balaban J connectivity index is 1.31. The van der Waals surface area contributed by atoms with Crippen molar-refractivity contribution in [3.63, 3.8) is 0 Å². The summed E-state index contributed by atoms with van der Waals surface area (Å²) in [5, 5.41) is 10.4. The van der Waals surface area contributed by atoms with Gasteiger partial charge in [-0.15, -0.1) is 0 Å². The Morgan fingerprint density at radius 3 is 2.45 bits per heavy atom. The van der Waals surface area contributed by atoms with Gasteiger partial charge in [-0.1, -0.05) is 48.0 Å². The van der Waals surface area contributed by atoms with E-state index < -0.39 is 11.2 Å². The highest BCUT2D eigenvalue weighted by molar-refractivity contribution is 6.36. The maximum Gasteiger partial charge on any atom is 0.332 e. The Labute approximate surface area is 275 Å². The van der Waals surface area contributed by atoms with Crippen LogP contribution in [0.1, 0.15) is 29.8 Å². The van der Waals surface area contributed by atoms with Crippen LogP contribution < -0.4 is 31.9 Å². The summed E-state index contributed by atoms with van der Waals surface area (Å²) < 4.78 is 8.02.